The van der Waals surface area contributed by atoms with E-state index in [9.17, 15) is 9.59 Å². The van der Waals surface area contributed by atoms with Gasteiger partial charge in [-0.3, -0.25) is 14.5 Å². The molecule has 3 heterocycles. The Bertz CT molecular complexity index is 1510. The highest BCUT2D eigenvalue weighted by Crippen LogP contribution is 2.47. The Hall–Kier alpha value is -3.62. The molecule has 0 unspecified atom stereocenters. The number of hydrogen-bond donors (Lipinski definition) is 0. The Morgan fingerprint density at radius 2 is 1.82 bits per heavy atom. The zero-order valence-electron chi connectivity index (χ0n) is 21.7. The number of ketones is 1. The molecule has 0 spiro atoms. The van der Waals surface area contributed by atoms with Gasteiger partial charge in [-0.05, 0) is 43.7 Å². The lowest BCUT2D eigenvalue weighted by Gasteiger charge is -2.30. The molecule has 0 saturated heterocycles. The lowest BCUT2D eigenvalue weighted by Crippen LogP contribution is -2.30. The summed E-state index contributed by atoms with van der Waals surface area (Å²) in [5.74, 6) is 0.568. The number of benzene rings is 1. The van der Waals surface area contributed by atoms with Crippen molar-refractivity contribution in [2.24, 2.45) is 0 Å². The van der Waals surface area contributed by atoms with Crippen molar-refractivity contribution in [3.8, 4) is 17.1 Å². The molecule has 0 N–H and O–H groups in total. The van der Waals surface area contributed by atoms with Crippen LogP contribution in [0.4, 0.5) is 5.95 Å². The van der Waals surface area contributed by atoms with E-state index in [1.165, 1.54) is 0 Å². The molecule has 8 nitrogen and oxygen atoms in total. The van der Waals surface area contributed by atoms with Crippen LogP contribution in [0.15, 0.2) is 59.4 Å². The van der Waals surface area contributed by atoms with Crippen molar-refractivity contribution in [1.82, 2.24) is 19.4 Å². The van der Waals surface area contributed by atoms with E-state index in [2.05, 4.69) is 28.4 Å². The van der Waals surface area contributed by atoms with Crippen molar-refractivity contribution in [1.29, 1.82) is 0 Å². The number of Topliss-reactive ketones (excluding diaryl/α,β-unsaturated/α-hetero) is 1. The van der Waals surface area contributed by atoms with Crippen LogP contribution in [0.1, 0.15) is 54.0 Å². The van der Waals surface area contributed by atoms with Crippen molar-refractivity contribution in [3.05, 3.63) is 81.3 Å². The Balaban J connectivity index is 1.74. The van der Waals surface area contributed by atoms with Crippen LogP contribution in [-0.4, -0.2) is 52.3 Å². The highest BCUT2D eigenvalue weighted by Gasteiger charge is 2.44. The molecule has 0 radical (unpaired) electrons. The standard InChI is InChI=1S/C28H27Cl2N5O3/c1-15(2)34-22(20-14-31-28(33(3)4)32-26(20)38-5)13-19-25(34)24(16-6-8-17(29)9-7-16)35(27(19)37)18-10-11-23(36)21(30)12-18/h6-10,12-15,24H,11H2,1-5H3/t24-/m1/s1. The zero-order valence-corrected chi connectivity index (χ0v) is 23.2. The van der Waals surface area contributed by atoms with Gasteiger partial charge >= 0.3 is 0 Å². The maximum Gasteiger partial charge on any atom is 0.261 e. The van der Waals surface area contributed by atoms with Crippen molar-refractivity contribution >= 4 is 40.8 Å². The van der Waals surface area contributed by atoms with Crippen LogP contribution in [0.2, 0.25) is 5.02 Å². The summed E-state index contributed by atoms with van der Waals surface area (Å²) in [7, 11) is 5.29. The van der Waals surface area contributed by atoms with Gasteiger partial charge < -0.3 is 14.2 Å². The topological polar surface area (TPSA) is 80.6 Å². The van der Waals surface area contributed by atoms with Crippen LogP contribution in [0, 0.1) is 0 Å². The predicted molar refractivity (Wildman–Crippen MR) is 148 cm³/mol. The molecule has 0 bridgehead atoms. The summed E-state index contributed by atoms with van der Waals surface area (Å²) >= 11 is 12.4. The van der Waals surface area contributed by atoms with Crippen molar-refractivity contribution in [3.63, 3.8) is 0 Å². The number of fused-ring (bicyclic) bond motifs is 1. The molecule has 2 aliphatic rings. The number of hydrogen-bond acceptors (Lipinski definition) is 6. The average Bonchev–Trinajstić information content (AvgIpc) is 3.41. The molecule has 5 rings (SSSR count). The summed E-state index contributed by atoms with van der Waals surface area (Å²) in [6, 6.07) is 8.81. The molecule has 1 atom stereocenters. The van der Waals surface area contributed by atoms with Gasteiger partial charge in [0.15, 0.2) is 5.78 Å². The largest absolute Gasteiger partial charge is 0.480 e. The third kappa shape index (κ3) is 4.27. The first kappa shape index (κ1) is 26.0. The molecule has 0 fully saturated rings. The zero-order chi connectivity index (χ0) is 27.3. The molecule has 1 aliphatic carbocycles. The molecule has 10 heteroatoms. The van der Waals surface area contributed by atoms with Crippen molar-refractivity contribution in [2.45, 2.75) is 32.4 Å². The second-order valence-electron chi connectivity index (χ2n) is 9.66. The fourth-order valence-corrected chi connectivity index (χ4v) is 5.29. The van der Waals surface area contributed by atoms with Gasteiger partial charge in [0.05, 0.1) is 34.7 Å². The monoisotopic (exact) mass is 551 g/mol. The average molecular weight is 552 g/mol. The molecule has 1 aromatic carbocycles. The smallest absolute Gasteiger partial charge is 0.261 e. The summed E-state index contributed by atoms with van der Waals surface area (Å²) in [4.78, 5) is 38.7. The van der Waals surface area contributed by atoms with E-state index in [-0.39, 0.29) is 29.2 Å². The molecule has 38 heavy (non-hydrogen) atoms. The van der Waals surface area contributed by atoms with Crippen LogP contribution >= 0.6 is 23.2 Å². The second kappa shape index (κ2) is 9.93. The predicted octanol–water partition coefficient (Wildman–Crippen LogP) is 5.78. The molecule has 1 aliphatic heterocycles. The van der Waals surface area contributed by atoms with Crippen LogP contribution in [0.3, 0.4) is 0 Å². The number of amides is 1. The first-order chi connectivity index (χ1) is 18.1. The van der Waals surface area contributed by atoms with Gasteiger partial charge in [0.1, 0.15) is 6.04 Å². The first-order valence-electron chi connectivity index (χ1n) is 12.2. The van der Waals surface area contributed by atoms with Crippen LogP contribution < -0.4 is 9.64 Å². The Kier molecular flexibility index (Phi) is 6.79. The highest BCUT2D eigenvalue weighted by atomic mass is 35.5. The number of anilines is 1. The molecule has 3 aromatic rings. The minimum Gasteiger partial charge on any atom is -0.480 e. The first-order valence-corrected chi connectivity index (χ1v) is 12.9. The Morgan fingerprint density at radius 1 is 1.11 bits per heavy atom. The number of allylic oxidation sites excluding steroid dienone is 3. The maximum atomic E-state index is 14.1. The summed E-state index contributed by atoms with van der Waals surface area (Å²) in [5.41, 5.74) is 4.30. The van der Waals surface area contributed by atoms with E-state index in [1.807, 2.05) is 32.3 Å². The fourth-order valence-electron chi connectivity index (χ4n) is 4.98. The van der Waals surface area contributed by atoms with Gasteiger partial charge in [-0.1, -0.05) is 41.4 Å². The van der Waals surface area contributed by atoms with E-state index in [0.717, 1.165) is 17.0 Å². The second-order valence-corrected chi connectivity index (χ2v) is 10.5. The van der Waals surface area contributed by atoms with Gasteiger partial charge in [-0.25, -0.2) is 4.98 Å². The Morgan fingerprint density at radius 3 is 2.42 bits per heavy atom. The van der Waals surface area contributed by atoms with E-state index in [0.29, 0.717) is 33.7 Å². The normalized spacial score (nSPS) is 17.1. The van der Waals surface area contributed by atoms with Crippen molar-refractivity contribution < 1.29 is 14.3 Å². The fraction of sp³-hybridized carbons (Fsp3) is 0.286. The number of nitrogens with zero attached hydrogens (tertiary/aromatic N) is 5. The number of rotatable bonds is 6. The number of carbonyl (C=O) groups is 2. The summed E-state index contributed by atoms with van der Waals surface area (Å²) in [6.07, 6.45) is 5.17. The van der Waals surface area contributed by atoms with E-state index >= 15 is 0 Å². The minimum atomic E-state index is -0.473. The number of halogens is 2. The molecule has 2 aromatic heterocycles. The van der Waals surface area contributed by atoms with Crippen LogP contribution in [-0.2, 0) is 4.79 Å². The Labute approximate surface area is 231 Å². The van der Waals surface area contributed by atoms with Gasteiger partial charge in [0, 0.05) is 43.5 Å². The molecule has 1 amide bonds. The third-order valence-electron chi connectivity index (χ3n) is 6.67. The highest BCUT2D eigenvalue weighted by molar-refractivity contribution is 6.43. The quantitative estimate of drug-likeness (QED) is 0.386. The van der Waals surface area contributed by atoms with Gasteiger partial charge in [0.25, 0.3) is 5.91 Å². The molecule has 0 saturated carbocycles. The number of ether oxygens (including phenoxy) is 1. The lowest BCUT2D eigenvalue weighted by molar-refractivity contribution is -0.114. The van der Waals surface area contributed by atoms with E-state index < -0.39 is 6.04 Å². The number of carbonyl (C=O) groups excluding carboxylic acids is 2. The summed E-state index contributed by atoms with van der Waals surface area (Å²) < 4.78 is 7.78. The molecular formula is C28H27Cl2N5O3. The summed E-state index contributed by atoms with van der Waals surface area (Å²) in [5, 5.41) is 0.704. The lowest BCUT2D eigenvalue weighted by atomic mass is 10.0. The SMILES string of the molecule is COc1nc(N(C)C)ncc1-c1cc2c(n1C(C)C)[C@@H](c1ccc(Cl)cc1)N(C1=CCC(=O)C(Cl)=C1)C2=O. The van der Waals surface area contributed by atoms with Crippen LogP contribution in [0.25, 0.3) is 11.3 Å². The van der Waals surface area contributed by atoms with Gasteiger partial charge in [-0.2, -0.15) is 4.98 Å². The molecule has 196 valence electrons. The maximum absolute atomic E-state index is 14.1. The minimum absolute atomic E-state index is 0.0180. The van der Waals surface area contributed by atoms with Gasteiger partial charge in [0.2, 0.25) is 11.8 Å². The van der Waals surface area contributed by atoms with Crippen molar-refractivity contribution in [2.75, 3.05) is 26.1 Å². The van der Waals surface area contributed by atoms with Crippen LogP contribution in [0.5, 0.6) is 5.88 Å². The third-order valence-corrected chi connectivity index (χ3v) is 7.24. The number of aromatic nitrogens is 3. The van der Waals surface area contributed by atoms with Gasteiger partial charge in [-0.15, -0.1) is 0 Å². The van der Waals surface area contributed by atoms with E-state index in [1.54, 1.807) is 47.4 Å². The van der Waals surface area contributed by atoms with E-state index in [4.69, 9.17) is 27.9 Å². The number of methoxy groups -OCH3 is 1. The molecular weight excluding hydrogens is 525 g/mol. The summed E-state index contributed by atoms with van der Waals surface area (Å²) in [6.45, 7) is 4.12.